The summed E-state index contributed by atoms with van der Waals surface area (Å²) in [5.74, 6) is 0.466. The van der Waals surface area contributed by atoms with Crippen LogP contribution in [0.1, 0.15) is 32.0 Å². The van der Waals surface area contributed by atoms with Gasteiger partial charge in [-0.1, -0.05) is 32.4 Å². The number of aryl methyl sites for hydroxylation is 1. The maximum absolute atomic E-state index is 11.2. The topological polar surface area (TPSA) is 73.8 Å². The van der Waals surface area contributed by atoms with Gasteiger partial charge in [-0.3, -0.25) is 10.1 Å². The predicted octanol–water partition coefficient (Wildman–Crippen LogP) is 3.43. The highest BCUT2D eigenvalue weighted by Gasteiger charge is 2.34. The Kier molecular flexibility index (Phi) is 3.52. The van der Waals surface area contributed by atoms with E-state index in [2.05, 4.69) is 10.1 Å². The van der Waals surface area contributed by atoms with Gasteiger partial charge in [0.1, 0.15) is 5.69 Å². The Morgan fingerprint density at radius 3 is 2.50 bits per heavy atom. The van der Waals surface area contributed by atoms with Crippen molar-refractivity contribution >= 4 is 17.3 Å². The Hall–Kier alpha value is -1.95. The van der Waals surface area contributed by atoms with Crippen molar-refractivity contribution in [1.29, 1.82) is 0 Å². The third kappa shape index (κ3) is 2.51. The minimum absolute atomic E-state index is 0.0296. The van der Waals surface area contributed by atoms with Crippen molar-refractivity contribution in [3.8, 4) is 5.82 Å². The quantitative estimate of drug-likeness (QED) is 0.628. The summed E-state index contributed by atoms with van der Waals surface area (Å²) in [5.41, 5.74) is 0.668. The maximum atomic E-state index is 11.2. The van der Waals surface area contributed by atoms with Crippen LogP contribution in [0.3, 0.4) is 0 Å². The predicted molar refractivity (Wildman–Crippen MR) is 76.5 cm³/mol. The molecule has 0 radical (unpaired) electrons. The van der Waals surface area contributed by atoms with Crippen molar-refractivity contribution in [2.24, 2.45) is 0 Å². The van der Waals surface area contributed by atoms with E-state index in [0.29, 0.717) is 11.5 Å². The first kappa shape index (κ1) is 14.5. The first-order valence-electron chi connectivity index (χ1n) is 6.08. The lowest BCUT2D eigenvalue weighted by atomic mass is 9.91. The van der Waals surface area contributed by atoms with E-state index in [1.165, 1.54) is 4.68 Å². The SMILES string of the molecule is Cc1ccnc(-n2nc(C(C)(C)C)c([N+](=O)[O-])c2Cl)c1. The van der Waals surface area contributed by atoms with Crippen LogP contribution >= 0.6 is 11.6 Å². The summed E-state index contributed by atoms with van der Waals surface area (Å²) in [6, 6.07) is 3.61. The first-order valence-corrected chi connectivity index (χ1v) is 6.46. The molecule has 0 aliphatic rings. The van der Waals surface area contributed by atoms with Gasteiger partial charge in [0.15, 0.2) is 5.82 Å². The molecule has 0 amide bonds. The number of hydrogen-bond acceptors (Lipinski definition) is 4. The van der Waals surface area contributed by atoms with Crippen LogP contribution in [0.2, 0.25) is 5.15 Å². The van der Waals surface area contributed by atoms with E-state index in [1.54, 1.807) is 12.3 Å². The van der Waals surface area contributed by atoms with E-state index >= 15 is 0 Å². The molecule has 2 heterocycles. The summed E-state index contributed by atoms with van der Waals surface area (Å²) in [4.78, 5) is 14.9. The summed E-state index contributed by atoms with van der Waals surface area (Å²) >= 11 is 6.14. The van der Waals surface area contributed by atoms with Gasteiger partial charge in [0.25, 0.3) is 0 Å². The Morgan fingerprint density at radius 2 is 2.05 bits per heavy atom. The van der Waals surface area contributed by atoms with E-state index < -0.39 is 10.3 Å². The second-order valence-electron chi connectivity index (χ2n) is 5.60. The zero-order chi connectivity index (χ0) is 15.1. The van der Waals surface area contributed by atoms with E-state index in [0.717, 1.165) is 5.56 Å². The molecule has 0 fully saturated rings. The summed E-state index contributed by atoms with van der Waals surface area (Å²) < 4.78 is 1.31. The molecule has 2 aromatic heterocycles. The molecule has 0 unspecified atom stereocenters. The number of hydrogen-bond donors (Lipinski definition) is 0. The van der Waals surface area contributed by atoms with Crippen molar-refractivity contribution in [3.63, 3.8) is 0 Å². The molecular formula is C13H15ClN4O2. The third-order valence-electron chi connectivity index (χ3n) is 2.82. The van der Waals surface area contributed by atoms with E-state index in [9.17, 15) is 10.1 Å². The molecular weight excluding hydrogens is 280 g/mol. The van der Waals surface area contributed by atoms with Crippen LogP contribution in [-0.4, -0.2) is 19.7 Å². The Bertz CT molecular complexity index is 673. The van der Waals surface area contributed by atoms with Gasteiger partial charge in [-0.05, 0) is 24.6 Å². The minimum Gasteiger partial charge on any atom is -0.258 e. The second-order valence-corrected chi connectivity index (χ2v) is 5.96. The maximum Gasteiger partial charge on any atom is 0.330 e. The van der Waals surface area contributed by atoms with Gasteiger partial charge in [-0.15, -0.1) is 0 Å². The molecule has 106 valence electrons. The van der Waals surface area contributed by atoms with Gasteiger partial charge < -0.3 is 0 Å². The van der Waals surface area contributed by atoms with Gasteiger partial charge in [0, 0.05) is 11.6 Å². The smallest absolute Gasteiger partial charge is 0.258 e. The van der Waals surface area contributed by atoms with Crippen molar-refractivity contribution in [1.82, 2.24) is 14.8 Å². The number of pyridine rings is 1. The van der Waals surface area contributed by atoms with E-state index in [1.807, 2.05) is 33.8 Å². The summed E-state index contributed by atoms with van der Waals surface area (Å²) in [6.07, 6.45) is 1.62. The zero-order valence-electron chi connectivity index (χ0n) is 11.7. The van der Waals surface area contributed by atoms with Crippen LogP contribution in [0.4, 0.5) is 5.69 Å². The molecule has 0 aliphatic heterocycles. The average molecular weight is 295 g/mol. The highest BCUT2D eigenvalue weighted by molar-refractivity contribution is 6.32. The van der Waals surface area contributed by atoms with Gasteiger partial charge >= 0.3 is 5.69 Å². The van der Waals surface area contributed by atoms with E-state index in [-0.39, 0.29) is 10.8 Å². The fourth-order valence-electron chi connectivity index (χ4n) is 1.84. The molecule has 6 nitrogen and oxygen atoms in total. The normalized spacial score (nSPS) is 11.7. The molecule has 0 aliphatic carbocycles. The monoisotopic (exact) mass is 294 g/mol. The fourth-order valence-corrected chi connectivity index (χ4v) is 2.13. The van der Waals surface area contributed by atoms with Crippen molar-refractivity contribution in [2.75, 3.05) is 0 Å². The van der Waals surface area contributed by atoms with Crippen LogP contribution in [0.5, 0.6) is 0 Å². The molecule has 2 rings (SSSR count). The fraction of sp³-hybridized carbons (Fsp3) is 0.385. The lowest BCUT2D eigenvalue weighted by molar-refractivity contribution is -0.385. The lowest BCUT2D eigenvalue weighted by Crippen LogP contribution is -2.14. The molecule has 0 saturated heterocycles. The zero-order valence-corrected chi connectivity index (χ0v) is 12.5. The van der Waals surface area contributed by atoms with Crippen molar-refractivity contribution in [3.05, 3.63) is 44.9 Å². The summed E-state index contributed by atoms with van der Waals surface area (Å²) in [7, 11) is 0. The molecule has 0 bridgehead atoms. The number of aromatic nitrogens is 3. The number of nitro groups is 1. The standard InChI is InChI=1S/C13H15ClN4O2/c1-8-5-6-15-9(7-8)17-12(14)10(18(19)20)11(16-17)13(2,3)4/h5-7H,1-4H3. The average Bonchev–Trinajstić information content (AvgIpc) is 2.66. The van der Waals surface area contributed by atoms with Crippen LogP contribution in [0.25, 0.3) is 5.82 Å². The number of nitrogens with zero attached hydrogens (tertiary/aromatic N) is 4. The summed E-state index contributed by atoms with van der Waals surface area (Å²) in [6.45, 7) is 7.47. The highest BCUT2D eigenvalue weighted by Crippen LogP contribution is 2.37. The van der Waals surface area contributed by atoms with Gasteiger partial charge in [-0.25, -0.2) is 4.98 Å². The van der Waals surface area contributed by atoms with Gasteiger partial charge in [0.2, 0.25) is 5.15 Å². The first-order chi connectivity index (χ1) is 9.21. The second kappa shape index (κ2) is 4.86. The molecule has 0 atom stereocenters. The van der Waals surface area contributed by atoms with Gasteiger partial charge in [-0.2, -0.15) is 9.78 Å². The van der Waals surface area contributed by atoms with Crippen molar-refractivity contribution in [2.45, 2.75) is 33.1 Å². The highest BCUT2D eigenvalue weighted by atomic mass is 35.5. The molecule has 2 aromatic rings. The Morgan fingerprint density at radius 1 is 1.40 bits per heavy atom. The Labute approximate surface area is 121 Å². The summed E-state index contributed by atoms with van der Waals surface area (Å²) in [5, 5.41) is 15.5. The molecule has 0 saturated carbocycles. The number of halogens is 1. The van der Waals surface area contributed by atoms with E-state index in [4.69, 9.17) is 11.6 Å². The van der Waals surface area contributed by atoms with Crippen LogP contribution in [0, 0.1) is 17.0 Å². The molecule has 20 heavy (non-hydrogen) atoms. The Balaban J connectivity index is 2.71. The lowest BCUT2D eigenvalue weighted by Gasteiger charge is -2.13. The van der Waals surface area contributed by atoms with Crippen LogP contribution in [-0.2, 0) is 5.41 Å². The number of rotatable bonds is 2. The molecule has 0 spiro atoms. The van der Waals surface area contributed by atoms with Crippen LogP contribution < -0.4 is 0 Å². The van der Waals surface area contributed by atoms with Crippen LogP contribution in [0.15, 0.2) is 18.3 Å². The van der Waals surface area contributed by atoms with Crippen molar-refractivity contribution < 1.29 is 4.92 Å². The largest absolute Gasteiger partial charge is 0.330 e. The minimum atomic E-state index is -0.498. The molecule has 0 N–H and O–H groups in total. The third-order valence-corrected chi connectivity index (χ3v) is 3.16. The molecule has 7 heteroatoms. The van der Waals surface area contributed by atoms with Gasteiger partial charge in [0.05, 0.1) is 4.92 Å². The molecule has 0 aromatic carbocycles.